The highest BCUT2D eigenvalue weighted by Crippen LogP contribution is 2.23. The highest BCUT2D eigenvalue weighted by molar-refractivity contribution is 7.18. The monoisotopic (exact) mass is 302 g/mol. The van der Waals surface area contributed by atoms with Crippen LogP contribution in [0.15, 0.2) is 12.1 Å². The fourth-order valence-electron chi connectivity index (χ4n) is 1.77. The van der Waals surface area contributed by atoms with E-state index in [0.29, 0.717) is 15.8 Å². The summed E-state index contributed by atoms with van der Waals surface area (Å²) in [6.45, 7) is 4.22. The lowest BCUT2D eigenvalue weighted by Gasteiger charge is -2.25. The number of nitrogens with zero attached hydrogens (tertiary/aromatic N) is 1. The molecule has 1 aromatic rings. The number of nitrogens with one attached hydrogen (secondary N) is 1. The normalized spacial score (nSPS) is 14.2. The van der Waals surface area contributed by atoms with E-state index in [4.69, 9.17) is 11.6 Å². The molecule has 1 rings (SSSR count). The summed E-state index contributed by atoms with van der Waals surface area (Å²) < 4.78 is 0.608. The number of hydrogen-bond acceptors (Lipinski definition) is 4. The molecule has 106 valence electrons. The second-order valence-corrected chi connectivity index (χ2v) is 6.31. The Morgan fingerprint density at radius 2 is 2.05 bits per heavy atom. The Hall–Kier alpha value is -0.910. The zero-order chi connectivity index (χ0) is 14.6. The predicted molar refractivity (Wildman–Crippen MR) is 79.0 cm³/mol. The van der Waals surface area contributed by atoms with Gasteiger partial charge in [0.05, 0.1) is 15.3 Å². The molecular formula is C13H19ClN2O2S. The first-order valence-corrected chi connectivity index (χ1v) is 7.27. The minimum absolute atomic E-state index is 0.0225. The molecule has 4 nitrogen and oxygen atoms in total. The SMILES string of the molecule is CNC(=O)C(C)CN(C)C(C)C(=O)c1ccc(Cl)s1. The van der Waals surface area contributed by atoms with Crippen molar-refractivity contribution in [3.8, 4) is 0 Å². The molecule has 2 atom stereocenters. The van der Waals surface area contributed by atoms with Gasteiger partial charge in [0.25, 0.3) is 0 Å². The maximum absolute atomic E-state index is 12.2. The summed E-state index contributed by atoms with van der Waals surface area (Å²) in [6, 6.07) is 3.18. The van der Waals surface area contributed by atoms with E-state index < -0.39 is 0 Å². The first kappa shape index (κ1) is 16.1. The minimum atomic E-state index is -0.276. The number of halogens is 1. The number of rotatable bonds is 6. The average molecular weight is 303 g/mol. The van der Waals surface area contributed by atoms with Crippen molar-refractivity contribution in [2.75, 3.05) is 20.6 Å². The molecule has 1 aromatic heterocycles. The van der Waals surface area contributed by atoms with Crippen molar-refractivity contribution in [2.24, 2.45) is 5.92 Å². The lowest BCUT2D eigenvalue weighted by atomic mass is 10.1. The van der Waals surface area contributed by atoms with E-state index in [1.807, 2.05) is 25.8 Å². The first-order chi connectivity index (χ1) is 8.86. The topological polar surface area (TPSA) is 49.4 Å². The Balaban J connectivity index is 2.64. The van der Waals surface area contributed by atoms with Crippen LogP contribution in [0.4, 0.5) is 0 Å². The molecule has 0 saturated carbocycles. The number of likely N-dealkylation sites (N-methyl/N-ethyl adjacent to an activating group) is 1. The number of amides is 1. The third-order valence-corrected chi connectivity index (χ3v) is 4.36. The zero-order valence-corrected chi connectivity index (χ0v) is 13.1. The van der Waals surface area contributed by atoms with Crippen LogP contribution < -0.4 is 5.32 Å². The molecule has 0 saturated heterocycles. The summed E-state index contributed by atoms with van der Waals surface area (Å²) in [7, 11) is 3.46. The van der Waals surface area contributed by atoms with Crippen LogP contribution in [0.5, 0.6) is 0 Å². The van der Waals surface area contributed by atoms with Crippen LogP contribution in [0.2, 0.25) is 4.34 Å². The van der Waals surface area contributed by atoms with E-state index in [9.17, 15) is 9.59 Å². The molecule has 0 aliphatic heterocycles. The van der Waals surface area contributed by atoms with Crippen molar-refractivity contribution >= 4 is 34.6 Å². The standard InChI is InChI=1S/C13H19ClN2O2S/c1-8(13(18)15-3)7-16(4)9(2)12(17)10-5-6-11(14)19-10/h5-6,8-9H,7H2,1-4H3,(H,15,18). The molecule has 19 heavy (non-hydrogen) atoms. The van der Waals surface area contributed by atoms with Gasteiger partial charge in [-0.25, -0.2) is 0 Å². The van der Waals surface area contributed by atoms with Crippen molar-refractivity contribution < 1.29 is 9.59 Å². The maximum atomic E-state index is 12.2. The quantitative estimate of drug-likeness (QED) is 0.820. The Kier molecular flexibility index (Phi) is 5.97. The highest BCUT2D eigenvalue weighted by Gasteiger charge is 2.23. The maximum Gasteiger partial charge on any atom is 0.223 e. The van der Waals surface area contributed by atoms with Crippen molar-refractivity contribution in [1.82, 2.24) is 10.2 Å². The van der Waals surface area contributed by atoms with E-state index in [-0.39, 0.29) is 23.7 Å². The fraction of sp³-hybridized carbons (Fsp3) is 0.538. The van der Waals surface area contributed by atoms with Crippen LogP contribution in [0.3, 0.4) is 0 Å². The fourth-order valence-corrected chi connectivity index (χ4v) is 2.84. The number of hydrogen-bond donors (Lipinski definition) is 1. The molecule has 0 radical (unpaired) electrons. The van der Waals surface area contributed by atoms with Crippen molar-refractivity contribution in [2.45, 2.75) is 19.9 Å². The summed E-state index contributed by atoms with van der Waals surface area (Å²) in [5.74, 6) is -0.147. The predicted octanol–water partition coefficient (Wildman–Crippen LogP) is 2.29. The smallest absolute Gasteiger partial charge is 0.223 e. The van der Waals surface area contributed by atoms with Gasteiger partial charge in [-0.1, -0.05) is 18.5 Å². The molecular weight excluding hydrogens is 284 g/mol. The van der Waals surface area contributed by atoms with Crippen LogP contribution in [-0.2, 0) is 4.79 Å². The Morgan fingerprint density at radius 1 is 1.42 bits per heavy atom. The second-order valence-electron chi connectivity index (χ2n) is 4.60. The number of thiophene rings is 1. The van der Waals surface area contributed by atoms with Crippen LogP contribution in [0.1, 0.15) is 23.5 Å². The molecule has 1 amide bonds. The van der Waals surface area contributed by atoms with Gasteiger partial charge in [-0.2, -0.15) is 0 Å². The van der Waals surface area contributed by atoms with Gasteiger partial charge >= 0.3 is 0 Å². The first-order valence-electron chi connectivity index (χ1n) is 6.08. The number of ketones is 1. The van der Waals surface area contributed by atoms with Crippen LogP contribution >= 0.6 is 22.9 Å². The number of carbonyl (C=O) groups is 2. The lowest BCUT2D eigenvalue weighted by molar-refractivity contribution is -0.124. The summed E-state index contributed by atoms with van der Waals surface area (Å²) >= 11 is 7.11. The van der Waals surface area contributed by atoms with Crippen LogP contribution in [0.25, 0.3) is 0 Å². The summed E-state index contributed by atoms with van der Waals surface area (Å²) in [4.78, 5) is 26.2. The van der Waals surface area contributed by atoms with E-state index in [1.54, 1.807) is 19.2 Å². The summed E-state index contributed by atoms with van der Waals surface area (Å²) in [5.41, 5.74) is 0. The molecule has 0 fully saturated rings. The van der Waals surface area contributed by atoms with E-state index in [1.165, 1.54) is 11.3 Å². The molecule has 0 spiro atoms. The highest BCUT2D eigenvalue weighted by atomic mass is 35.5. The third kappa shape index (κ3) is 4.30. The van der Waals surface area contributed by atoms with Gasteiger partial charge in [0.2, 0.25) is 5.91 Å². The molecule has 2 unspecified atom stereocenters. The summed E-state index contributed by atoms with van der Waals surface area (Å²) in [5, 5.41) is 2.61. The average Bonchev–Trinajstić information content (AvgIpc) is 2.82. The van der Waals surface area contributed by atoms with Gasteiger partial charge in [0, 0.05) is 19.5 Å². The number of Topliss-reactive ketones (excluding diaryl/α,β-unsaturated/α-hetero) is 1. The lowest BCUT2D eigenvalue weighted by Crippen LogP contribution is -2.41. The minimum Gasteiger partial charge on any atom is -0.359 e. The largest absolute Gasteiger partial charge is 0.359 e. The Morgan fingerprint density at radius 3 is 2.53 bits per heavy atom. The molecule has 1 N–H and O–H groups in total. The van der Waals surface area contributed by atoms with Gasteiger partial charge in [0.15, 0.2) is 5.78 Å². The zero-order valence-electron chi connectivity index (χ0n) is 11.6. The van der Waals surface area contributed by atoms with Gasteiger partial charge in [-0.15, -0.1) is 11.3 Å². The summed E-state index contributed by atoms with van der Waals surface area (Å²) in [6.07, 6.45) is 0. The number of carbonyl (C=O) groups excluding carboxylic acids is 2. The van der Waals surface area contributed by atoms with E-state index in [0.717, 1.165) is 0 Å². The van der Waals surface area contributed by atoms with Gasteiger partial charge < -0.3 is 5.32 Å². The van der Waals surface area contributed by atoms with Gasteiger partial charge in [0.1, 0.15) is 0 Å². The van der Waals surface area contributed by atoms with Crippen LogP contribution in [0, 0.1) is 5.92 Å². The van der Waals surface area contributed by atoms with E-state index >= 15 is 0 Å². The van der Waals surface area contributed by atoms with Gasteiger partial charge in [-0.05, 0) is 26.1 Å². The van der Waals surface area contributed by atoms with Crippen molar-refractivity contribution in [3.63, 3.8) is 0 Å². The van der Waals surface area contributed by atoms with E-state index in [2.05, 4.69) is 5.32 Å². The van der Waals surface area contributed by atoms with Crippen molar-refractivity contribution in [1.29, 1.82) is 0 Å². The Bertz CT molecular complexity index is 461. The molecule has 0 aromatic carbocycles. The molecule has 0 bridgehead atoms. The third-order valence-electron chi connectivity index (χ3n) is 3.11. The molecule has 1 heterocycles. The van der Waals surface area contributed by atoms with Gasteiger partial charge in [-0.3, -0.25) is 14.5 Å². The van der Waals surface area contributed by atoms with Crippen molar-refractivity contribution in [3.05, 3.63) is 21.3 Å². The molecule has 6 heteroatoms. The second kappa shape index (κ2) is 7.03. The molecule has 0 aliphatic rings. The Labute approximate surface area is 122 Å². The van der Waals surface area contributed by atoms with Crippen LogP contribution in [-0.4, -0.2) is 43.3 Å². The molecule has 0 aliphatic carbocycles.